The maximum atomic E-state index is 7.16. The van der Waals surface area contributed by atoms with Crippen molar-refractivity contribution in [1.82, 2.24) is 0 Å². The first-order valence-corrected chi connectivity index (χ1v) is 30.0. The fourth-order valence-corrected chi connectivity index (χ4v) is 11.2. The Kier molecular flexibility index (Phi) is 9.63. The molecule has 4 aliphatic rings. The van der Waals surface area contributed by atoms with Gasteiger partial charge in [0.15, 0.2) is 8.32 Å². The summed E-state index contributed by atoms with van der Waals surface area (Å²) in [4.78, 5) is 0. The molecule has 232 valence electrons. The summed E-state index contributed by atoms with van der Waals surface area (Å²) in [6.07, 6.45) is 19.6. The molecule has 2 bridgehead atoms. The first-order valence-electron chi connectivity index (χ1n) is 16.4. The molecule has 4 aliphatic carbocycles. The highest BCUT2D eigenvalue weighted by atomic mass is 28.4. The lowest BCUT2D eigenvalue weighted by Crippen LogP contribution is -2.57. The van der Waals surface area contributed by atoms with Crippen molar-refractivity contribution in [3.63, 3.8) is 0 Å². The smallest absolute Gasteiger partial charge is 0.242 e. The second-order valence-corrected chi connectivity index (χ2v) is 34.6. The summed E-state index contributed by atoms with van der Waals surface area (Å²) in [5.41, 5.74) is 1.34. The Bertz CT molecular complexity index is 1080. The van der Waals surface area contributed by atoms with Gasteiger partial charge in [0.2, 0.25) is 25.0 Å². The lowest BCUT2D eigenvalue weighted by atomic mass is 9.49. The molecule has 1 fully saturated rings. The van der Waals surface area contributed by atoms with E-state index in [1.54, 1.807) is 0 Å². The van der Waals surface area contributed by atoms with Crippen molar-refractivity contribution in [2.24, 2.45) is 23.2 Å². The highest BCUT2D eigenvalue weighted by Gasteiger charge is 2.61. The van der Waals surface area contributed by atoms with Crippen LogP contribution in [0.15, 0.2) is 47.2 Å². The molecule has 0 aromatic carbocycles. The third kappa shape index (κ3) is 8.22. The molecule has 5 atom stereocenters. The fraction of sp³-hybridized carbons (Fsp3) is 0.758. The van der Waals surface area contributed by atoms with Gasteiger partial charge in [-0.05, 0) is 147 Å². The monoisotopic (exact) mass is 632 g/mol. The van der Waals surface area contributed by atoms with Crippen molar-refractivity contribution in [3.05, 3.63) is 47.2 Å². The van der Waals surface area contributed by atoms with Crippen molar-refractivity contribution in [3.8, 4) is 0 Å². The van der Waals surface area contributed by atoms with E-state index in [1.807, 2.05) is 0 Å². The van der Waals surface area contributed by atoms with Crippen molar-refractivity contribution < 1.29 is 17.7 Å². The maximum absolute atomic E-state index is 7.16. The molecule has 0 spiro atoms. The molecular formula is C33H60O4Si4. The molecule has 0 amide bonds. The van der Waals surface area contributed by atoms with Crippen molar-refractivity contribution in [1.29, 1.82) is 0 Å². The Morgan fingerprint density at radius 3 is 2.02 bits per heavy atom. The van der Waals surface area contributed by atoms with Gasteiger partial charge in [-0.2, -0.15) is 0 Å². The van der Waals surface area contributed by atoms with Gasteiger partial charge in [-0.3, -0.25) is 0 Å². The van der Waals surface area contributed by atoms with Crippen LogP contribution in [0.1, 0.15) is 51.4 Å². The Morgan fingerprint density at radius 1 is 0.780 bits per heavy atom. The van der Waals surface area contributed by atoms with E-state index in [4.69, 9.17) is 17.7 Å². The largest absolute Gasteiger partial charge is 0.547 e. The molecule has 4 nitrogen and oxygen atoms in total. The van der Waals surface area contributed by atoms with E-state index < -0.39 is 33.3 Å². The van der Waals surface area contributed by atoms with Crippen LogP contribution in [0, 0.1) is 23.2 Å². The maximum Gasteiger partial charge on any atom is 0.242 e. The van der Waals surface area contributed by atoms with Crippen molar-refractivity contribution >= 4 is 33.3 Å². The van der Waals surface area contributed by atoms with Crippen LogP contribution in [-0.2, 0) is 17.7 Å². The number of rotatable bonds is 10. The van der Waals surface area contributed by atoms with Crippen LogP contribution in [0.5, 0.6) is 0 Å². The van der Waals surface area contributed by atoms with E-state index in [1.165, 1.54) is 49.2 Å². The quantitative estimate of drug-likeness (QED) is 0.177. The van der Waals surface area contributed by atoms with E-state index in [0.29, 0.717) is 5.92 Å². The Morgan fingerprint density at radius 2 is 1.46 bits per heavy atom. The number of hydrogen-bond acceptors (Lipinski definition) is 4. The zero-order valence-electron chi connectivity index (χ0n) is 28.4. The summed E-state index contributed by atoms with van der Waals surface area (Å²) >= 11 is 0. The first kappa shape index (κ1) is 33.1. The average Bonchev–Trinajstić information content (AvgIpc) is 2.79. The van der Waals surface area contributed by atoms with Gasteiger partial charge in [-0.25, -0.2) is 0 Å². The minimum atomic E-state index is -1.88. The van der Waals surface area contributed by atoms with Crippen LogP contribution in [-0.4, -0.2) is 39.4 Å². The molecule has 1 saturated carbocycles. The molecule has 0 saturated heterocycles. The molecule has 0 N–H and O–H groups in total. The summed E-state index contributed by atoms with van der Waals surface area (Å²) in [6, 6.07) is 0. The van der Waals surface area contributed by atoms with Gasteiger partial charge < -0.3 is 17.7 Å². The molecule has 0 aromatic rings. The van der Waals surface area contributed by atoms with E-state index in [9.17, 15) is 0 Å². The normalized spacial score (nSPS) is 31.4. The van der Waals surface area contributed by atoms with E-state index >= 15 is 0 Å². The first-order chi connectivity index (χ1) is 18.8. The van der Waals surface area contributed by atoms with Gasteiger partial charge in [-0.15, -0.1) is 0 Å². The van der Waals surface area contributed by atoms with Crippen LogP contribution in [0.25, 0.3) is 0 Å². The standard InChI is InChI=1S/C33H60O4Si4/c1-38(2,3)34-28(25-18-14-13-15-19-25)22-26-23-29(35-39(4,5)6)32-27-20-16-17-21-33(26,27)31(37-41(10,11)12)24-30(32)36-40(7,8)9/h18,22-24,26-27,30,32H,13-17,19-21H2,1-12H3/b28-22+/t26-,27-,30-,32-,33-/m0/s1. The molecule has 41 heavy (non-hydrogen) atoms. The molecule has 0 unspecified atom stereocenters. The van der Waals surface area contributed by atoms with E-state index in [-0.39, 0.29) is 23.4 Å². The summed E-state index contributed by atoms with van der Waals surface area (Å²) < 4.78 is 28.2. The molecule has 0 aliphatic heterocycles. The lowest BCUT2D eigenvalue weighted by molar-refractivity contribution is -0.0432. The predicted octanol–water partition coefficient (Wildman–Crippen LogP) is 10.3. The van der Waals surface area contributed by atoms with Crippen LogP contribution >= 0.6 is 0 Å². The highest BCUT2D eigenvalue weighted by Crippen LogP contribution is 2.64. The lowest BCUT2D eigenvalue weighted by Gasteiger charge is -2.59. The Balaban J connectivity index is 1.96. The second kappa shape index (κ2) is 11.9. The Hall–Kier alpha value is -0.812. The van der Waals surface area contributed by atoms with Gasteiger partial charge in [0, 0.05) is 17.3 Å². The molecule has 0 heterocycles. The van der Waals surface area contributed by atoms with Crippen molar-refractivity contribution in [2.75, 3.05) is 0 Å². The molecule has 0 radical (unpaired) electrons. The third-order valence-electron chi connectivity index (χ3n) is 8.53. The van der Waals surface area contributed by atoms with Gasteiger partial charge in [-0.1, -0.05) is 18.9 Å². The van der Waals surface area contributed by atoms with Crippen molar-refractivity contribution in [2.45, 2.75) is 136 Å². The van der Waals surface area contributed by atoms with E-state index in [2.05, 4.69) is 103 Å². The summed E-state index contributed by atoms with van der Waals surface area (Å²) in [7, 11) is -7.38. The van der Waals surface area contributed by atoms with Gasteiger partial charge in [0.25, 0.3) is 0 Å². The molecule has 4 rings (SSSR count). The molecule has 8 heteroatoms. The summed E-state index contributed by atoms with van der Waals surface area (Å²) in [5.74, 6) is 4.42. The second-order valence-electron chi connectivity index (χ2n) is 16.9. The van der Waals surface area contributed by atoms with Gasteiger partial charge >= 0.3 is 0 Å². The summed E-state index contributed by atoms with van der Waals surface area (Å²) in [6.45, 7) is 27.9. The Labute approximate surface area is 256 Å². The van der Waals surface area contributed by atoms with Crippen LogP contribution in [0.2, 0.25) is 78.6 Å². The van der Waals surface area contributed by atoms with Crippen LogP contribution in [0.4, 0.5) is 0 Å². The van der Waals surface area contributed by atoms with Crippen LogP contribution < -0.4 is 0 Å². The topological polar surface area (TPSA) is 36.9 Å². The van der Waals surface area contributed by atoms with Gasteiger partial charge in [0.1, 0.15) is 5.76 Å². The predicted molar refractivity (Wildman–Crippen MR) is 184 cm³/mol. The number of hydrogen-bond donors (Lipinski definition) is 0. The zero-order valence-corrected chi connectivity index (χ0v) is 32.4. The third-order valence-corrected chi connectivity index (χ3v) is 12.0. The molecule has 0 aromatic heterocycles. The number of allylic oxidation sites excluding steroid dienone is 5. The van der Waals surface area contributed by atoms with E-state index in [0.717, 1.165) is 25.0 Å². The summed E-state index contributed by atoms with van der Waals surface area (Å²) in [5, 5.41) is 0. The van der Waals surface area contributed by atoms with Crippen LogP contribution in [0.3, 0.4) is 0 Å². The van der Waals surface area contributed by atoms with Gasteiger partial charge in [0.05, 0.1) is 17.6 Å². The minimum Gasteiger partial charge on any atom is -0.547 e. The minimum absolute atomic E-state index is 0.00975. The SMILES string of the molecule is C[Si](C)(C)OC1=C[C@H](/C=C(/O[Si](C)(C)C)C2=CCCCC2)[C@@]23CCCC[C@H]2[C@@H]1[C@@H](O[Si](C)(C)C)C=C3O[Si](C)(C)C. The fourth-order valence-electron chi connectivity index (χ4n) is 7.43. The highest BCUT2D eigenvalue weighted by molar-refractivity contribution is 6.71. The zero-order chi connectivity index (χ0) is 30.4. The molecular weight excluding hydrogens is 573 g/mol. The average molecular weight is 633 g/mol.